The van der Waals surface area contributed by atoms with Crippen molar-refractivity contribution in [1.82, 2.24) is 9.21 Å². The van der Waals surface area contributed by atoms with Gasteiger partial charge in [0.15, 0.2) is 5.78 Å². The highest BCUT2D eigenvalue weighted by molar-refractivity contribution is 7.88. The summed E-state index contributed by atoms with van der Waals surface area (Å²) >= 11 is 0. The number of Topliss-reactive ketones (excluding diaryl/α,β-unsaturated/α-hetero) is 1. The van der Waals surface area contributed by atoms with E-state index < -0.39 is 10.0 Å². The van der Waals surface area contributed by atoms with Crippen molar-refractivity contribution < 1.29 is 22.7 Å². The maximum atomic E-state index is 12.6. The number of carbonyl (C=O) groups is 2. The van der Waals surface area contributed by atoms with E-state index in [1.807, 2.05) is 18.2 Å². The summed E-state index contributed by atoms with van der Waals surface area (Å²) in [6, 6.07) is 16.0. The van der Waals surface area contributed by atoms with Crippen molar-refractivity contribution >= 4 is 21.7 Å². The van der Waals surface area contributed by atoms with Crippen LogP contribution in [0, 0.1) is 0 Å². The lowest BCUT2D eigenvalue weighted by Gasteiger charge is -2.34. The molecular weight excluding hydrogens is 416 g/mol. The predicted molar refractivity (Wildman–Crippen MR) is 118 cm³/mol. The molecule has 0 unspecified atom stereocenters. The summed E-state index contributed by atoms with van der Waals surface area (Å²) in [5.74, 6) is 0.612. The van der Waals surface area contributed by atoms with Gasteiger partial charge >= 0.3 is 0 Å². The van der Waals surface area contributed by atoms with Gasteiger partial charge in [0.1, 0.15) is 5.75 Å². The first-order valence-electron chi connectivity index (χ1n) is 10.4. The maximum absolute atomic E-state index is 12.6. The van der Waals surface area contributed by atoms with Gasteiger partial charge in [-0.1, -0.05) is 30.3 Å². The Morgan fingerprint density at radius 2 is 1.55 bits per heavy atom. The number of benzene rings is 2. The van der Waals surface area contributed by atoms with Crippen molar-refractivity contribution in [2.45, 2.75) is 25.0 Å². The summed E-state index contributed by atoms with van der Waals surface area (Å²) in [4.78, 5) is 26.4. The Morgan fingerprint density at radius 1 is 0.903 bits per heavy atom. The molecule has 1 saturated heterocycles. The van der Waals surface area contributed by atoms with Gasteiger partial charge in [-0.25, -0.2) is 8.42 Å². The molecule has 1 heterocycles. The first-order valence-corrected chi connectivity index (χ1v) is 12.0. The number of amides is 1. The van der Waals surface area contributed by atoms with Crippen LogP contribution in [0.1, 0.15) is 35.2 Å². The quantitative estimate of drug-likeness (QED) is 0.556. The molecular formula is C23H28N2O5S. The van der Waals surface area contributed by atoms with Gasteiger partial charge in [-0.3, -0.25) is 9.59 Å². The molecule has 0 saturated carbocycles. The molecule has 1 fully saturated rings. The Balaban J connectivity index is 1.42. The van der Waals surface area contributed by atoms with Crippen molar-refractivity contribution in [3.8, 4) is 5.75 Å². The zero-order chi connectivity index (χ0) is 22.3. The number of carbonyl (C=O) groups excluding carboxylic acids is 2. The van der Waals surface area contributed by atoms with E-state index in [4.69, 9.17) is 4.74 Å². The molecule has 8 heteroatoms. The third-order valence-corrected chi connectivity index (χ3v) is 7.23. The summed E-state index contributed by atoms with van der Waals surface area (Å²) in [5.41, 5.74) is 1.35. The van der Waals surface area contributed by atoms with E-state index in [1.54, 1.807) is 48.4 Å². The number of ether oxygens (including phenoxy) is 1. The molecule has 3 rings (SSSR count). The molecule has 2 aromatic rings. The fourth-order valence-corrected chi connectivity index (χ4v) is 5.09. The molecule has 0 bridgehead atoms. The molecule has 0 spiro atoms. The van der Waals surface area contributed by atoms with Crippen molar-refractivity contribution in [3.05, 3.63) is 65.7 Å². The van der Waals surface area contributed by atoms with Crippen molar-refractivity contribution in [1.29, 1.82) is 0 Å². The molecule has 0 aliphatic carbocycles. The highest BCUT2D eigenvalue weighted by Gasteiger charge is 2.28. The van der Waals surface area contributed by atoms with Crippen LogP contribution in [0.15, 0.2) is 54.6 Å². The van der Waals surface area contributed by atoms with Crippen LogP contribution in [-0.2, 0) is 20.6 Å². The number of ketones is 1. The molecule has 7 nitrogen and oxygen atoms in total. The predicted octanol–water partition coefficient (Wildman–Crippen LogP) is 2.72. The van der Waals surface area contributed by atoms with Crippen LogP contribution in [0.3, 0.4) is 0 Å². The molecule has 1 aliphatic heterocycles. The van der Waals surface area contributed by atoms with E-state index in [-0.39, 0.29) is 23.9 Å². The first kappa shape index (κ1) is 23.0. The van der Waals surface area contributed by atoms with Crippen LogP contribution in [0.5, 0.6) is 5.75 Å². The molecule has 2 aromatic carbocycles. The van der Waals surface area contributed by atoms with E-state index in [0.717, 1.165) is 5.56 Å². The number of nitrogens with zero attached hydrogens (tertiary/aromatic N) is 2. The van der Waals surface area contributed by atoms with Crippen LogP contribution in [0.25, 0.3) is 0 Å². The minimum atomic E-state index is -3.41. The lowest BCUT2D eigenvalue weighted by atomic mass is 10.0. The van der Waals surface area contributed by atoms with Gasteiger partial charge in [0.25, 0.3) is 0 Å². The number of rotatable bonds is 9. The number of piperazine rings is 1. The molecule has 0 radical (unpaired) electrons. The van der Waals surface area contributed by atoms with Crippen LogP contribution < -0.4 is 4.74 Å². The fraction of sp³-hybridized carbons (Fsp3) is 0.391. The zero-order valence-corrected chi connectivity index (χ0v) is 18.5. The summed E-state index contributed by atoms with van der Waals surface area (Å²) in [6.45, 7) is 1.34. The van der Waals surface area contributed by atoms with Gasteiger partial charge in [0.2, 0.25) is 15.9 Å². The second-order valence-corrected chi connectivity index (χ2v) is 9.50. The fourth-order valence-electron chi connectivity index (χ4n) is 3.57. The molecule has 0 aromatic heterocycles. The van der Waals surface area contributed by atoms with E-state index in [9.17, 15) is 18.0 Å². The van der Waals surface area contributed by atoms with E-state index in [2.05, 4.69) is 0 Å². The minimum absolute atomic E-state index is 0.00715. The normalized spacial score (nSPS) is 14.9. The Labute approximate surface area is 183 Å². The Morgan fingerprint density at radius 3 is 2.16 bits per heavy atom. The molecule has 0 N–H and O–H groups in total. The molecule has 166 valence electrons. The van der Waals surface area contributed by atoms with Crippen molar-refractivity contribution in [3.63, 3.8) is 0 Å². The molecule has 1 amide bonds. The van der Waals surface area contributed by atoms with E-state index >= 15 is 0 Å². The number of methoxy groups -OCH3 is 1. The zero-order valence-electron chi connectivity index (χ0n) is 17.7. The Bertz CT molecular complexity index is 982. The van der Waals surface area contributed by atoms with Gasteiger partial charge in [-0.05, 0) is 36.2 Å². The largest absolute Gasteiger partial charge is 0.497 e. The Kier molecular flexibility index (Phi) is 7.81. The van der Waals surface area contributed by atoms with Gasteiger partial charge in [0, 0.05) is 44.6 Å². The summed E-state index contributed by atoms with van der Waals surface area (Å²) in [6.07, 6.45) is 1.04. The van der Waals surface area contributed by atoms with E-state index in [1.165, 1.54) is 4.31 Å². The van der Waals surface area contributed by atoms with Crippen LogP contribution in [-0.4, -0.2) is 62.6 Å². The maximum Gasteiger partial charge on any atom is 0.222 e. The smallest absolute Gasteiger partial charge is 0.222 e. The first-order chi connectivity index (χ1) is 14.9. The lowest BCUT2D eigenvalue weighted by Crippen LogP contribution is -2.50. The van der Waals surface area contributed by atoms with Gasteiger partial charge in [0.05, 0.1) is 12.9 Å². The summed E-state index contributed by atoms with van der Waals surface area (Å²) in [7, 11) is -1.84. The highest BCUT2D eigenvalue weighted by atomic mass is 32.2. The second kappa shape index (κ2) is 10.5. The number of sulfonamides is 1. The summed E-state index contributed by atoms with van der Waals surface area (Å²) < 4.78 is 31.8. The SMILES string of the molecule is COc1ccc(C(=O)CCCC(=O)N2CCN(S(=O)(=O)Cc3ccccc3)CC2)cc1. The van der Waals surface area contributed by atoms with Crippen molar-refractivity contribution in [2.24, 2.45) is 0 Å². The average molecular weight is 445 g/mol. The van der Waals surface area contributed by atoms with E-state index in [0.29, 0.717) is 50.3 Å². The lowest BCUT2D eigenvalue weighted by molar-refractivity contribution is -0.132. The third-order valence-electron chi connectivity index (χ3n) is 5.38. The van der Waals surface area contributed by atoms with Crippen LogP contribution >= 0.6 is 0 Å². The second-order valence-electron chi connectivity index (χ2n) is 7.53. The molecule has 31 heavy (non-hydrogen) atoms. The molecule has 1 aliphatic rings. The van der Waals surface area contributed by atoms with Crippen LogP contribution in [0.2, 0.25) is 0 Å². The standard InChI is InChI=1S/C23H28N2O5S/c1-30-21-12-10-20(11-13-21)22(26)8-5-9-23(27)24-14-16-25(17-15-24)31(28,29)18-19-6-3-2-4-7-19/h2-4,6-7,10-13H,5,8-9,14-18H2,1H3. The summed E-state index contributed by atoms with van der Waals surface area (Å²) in [5, 5.41) is 0. The highest BCUT2D eigenvalue weighted by Crippen LogP contribution is 2.16. The van der Waals surface area contributed by atoms with Crippen LogP contribution in [0.4, 0.5) is 0 Å². The number of hydrogen-bond acceptors (Lipinski definition) is 5. The number of hydrogen-bond donors (Lipinski definition) is 0. The third kappa shape index (κ3) is 6.38. The monoisotopic (exact) mass is 444 g/mol. The van der Waals surface area contributed by atoms with Gasteiger partial charge in [-0.15, -0.1) is 0 Å². The van der Waals surface area contributed by atoms with Gasteiger partial charge < -0.3 is 9.64 Å². The van der Waals surface area contributed by atoms with Crippen molar-refractivity contribution in [2.75, 3.05) is 33.3 Å². The molecule has 0 atom stereocenters. The Hall–Kier alpha value is -2.71. The average Bonchev–Trinajstić information content (AvgIpc) is 2.79. The minimum Gasteiger partial charge on any atom is -0.497 e. The van der Waals surface area contributed by atoms with Gasteiger partial charge in [-0.2, -0.15) is 4.31 Å². The topological polar surface area (TPSA) is 84.0 Å².